The molecule has 1 aromatic carbocycles. The molecule has 18 heavy (non-hydrogen) atoms. The normalized spacial score (nSPS) is 15.4. The lowest BCUT2D eigenvalue weighted by Gasteiger charge is -2.30. The zero-order valence-electron chi connectivity index (χ0n) is 11.1. The molecule has 0 aromatic heterocycles. The van der Waals surface area contributed by atoms with Crippen molar-refractivity contribution >= 4 is 34.0 Å². The Morgan fingerprint density at radius 1 is 1.28 bits per heavy atom. The van der Waals surface area contributed by atoms with Crippen molar-refractivity contribution in [1.29, 1.82) is 0 Å². The maximum atomic E-state index is 12.4. The van der Waals surface area contributed by atoms with Gasteiger partial charge in [-0.1, -0.05) is 50.0 Å². The molecule has 5 heteroatoms. The first-order valence-electron chi connectivity index (χ1n) is 5.77. The van der Waals surface area contributed by atoms with E-state index in [2.05, 4.69) is 26.1 Å². The molecular formula is C13H19Cl2NOS. The molecule has 0 aliphatic heterocycles. The van der Waals surface area contributed by atoms with Gasteiger partial charge in [0.25, 0.3) is 0 Å². The van der Waals surface area contributed by atoms with Gasteiger partial charge in [-0.15, -0.1) is 0 Å². The molecule has 0 saturated carbocycles. The summed E-state index contributed by atoms with van der Waals surface area (Å²) in [5, 5.41) is 4.13. The summed E-state index contributed by atoms with van der Waals surface area (Å²) in [6.07, 6.45) is 0. The van der Waals surface area contributed by atoms with Crippen LogP contribution in [0, 0.1) is 5.41 Å². The summed E-state index contributed by atoms with van der Waals surface area (Å²) >= 11 is 12.1. The molecule has 0 fully saturated rings. The van der Waals surface area contributed by atoms with Crippen LogP contribution in [0.2, 0.25) is 10.0 Å². The number of hydrogen-bond acceptors (Lipinski definition) is 2. The van der Waals surface area contributed by atoms with Crippen LogP contribution in [0.5, 0.6) is 0 Å². The molecule has 0 aliphatic carbocycles. The van der Waals surface area contributed by atoms with Crippen LogP contribution in [0.4, 0.5) is 0 Å². The molecule has 2 unspecified atom stereocenters. The fourth-order valence-electron chi connectivity index (χ4n) is 1.70. The molecule has 0 spiro atoms. The summed E-state index contributed by atoms with van der Waals surface area (Å²) in [7, 11) is 0.667. The maximum absolute atomic E-state index is 12.4. The second-order valence-electron chi connectivity index (χ2n) is 5.27. The van der Waals surface area contributed by atoms with E-state index in [1.54, 1.807) is 18.2 Å². The van der Waals surface area contributed by atoms with Gasteiger partial charge >= 0.3 is 0 Å². The van der Waals surface area contributed by atoms with Crippen LogP contribution in [-0.2, 0) is 10.8 Å². The minimum absolute atomic E-state index is 0.0259. The summed E-state index contributed by atoms with van der Waals surface area (Å²) in [4.78, 5) is 0.533. The third-order valence-electron chi connectivity index (χ3n) is 2.86. The van der Waals surface area contributed by atoms with E-state index in [1.807, 2.05) is 7.05 Å². The average molecular weight is 308 g/mol. The third kappa shape index (κ3) is 3.95. The number of hydrogen-bond donors (Lipinski definition) is 1. The fourth-order valence-corrected chi connectivity index (χ4v) is 4.32. The molecule has 102 valence electrons. The van der Waals surface area contributed by atoms with Gasteiger partial charge in [0.15, 0.2) is 0 Å². The minimum Gasteiger partial charge on any atom is -0.316 e. The predicted molar refractivity (Wildman–Crippen MR) is 80.0 cm³/mol. The minimum atomic E-state index is -1.21. The topological polar surface area (TPSA) is 29.1 Å². The van der Waals surface area contributed by atoms with Crippen molar-refractivity contribution in [3.05, 3.63) is 28.2 Å². The van der Waals surface area contributed by atoms with Gasteiger partial charge in [0, 0.05) is 11.8 Å². The molecule has 0 radical (unpaired) electrons. The molecule has 0 amide bonds. The van der Waals surface area contributed by atoms with Gasteiger partial charge in [-0.25, -0.2) is 0 Å². The quantitative estimate of drug-likeness (QED) is 0.918. The average Bonchev–Trinajstić information content (AvgIpc) is 2.24. The zero-order chi connectivity index (χ0) is 13.9. The Kier molecular flexibility index (Phi) is 5.66. The highest BCUT2D eigenvalue weighted by Crippen LogP contribution is 2.29. The van der Waals surface area contributed by atoms with E-state index in [9.17, 15) is 4.21 Å². The Balaban J connectivity index is 2.95. The molecule has 1 aromatic rings. The van der Waals surface area contributed by atoms with Gasteiger partial charge in [-0.2, -0.15) is 0 Å². The highest BCUT2D eigenvalue weighted by Gasteiger charge is 2.26. The van der Waals surface area contributed by atoms with Crippen LogP contribution in [0.15, 0.2) is 23.1 Å². The van der Waals surface area contributed by atoms with Crippen LogP contribution in [0.3, 0.4) is 0 Å². The number of benzene rings is 1. The second kappa shape index (κ2) is 6.38. The maximum Gasteiger partial charge on any atom is 0.0760 e. The fraction of sp³-hybridized carbons (Fsp3) is 0.538. The Morgan fingerprint density at radius 3 is 2.17 bits per heavy atom. The van der Waals surface area contributed by atoms with E-state index >= 15 is 0 Å². The molecule has 2 nitrogen and oxygen atoms in total. The van der Waals surface area contributed by atoms with E-state index in [-0.39, 0.29) is 11.5 Å². The van der Waals surface area contributed by atoms with Crippen LogP contribution in [0.25, 0.3) is 0 Å². The molecule has 0 saturated heterocycles. The van der Waals surface area contributed by atoms with Crippen LogP contribution >= 0.6 is 23.2 Å². The van der Waals surface area contributed by atoms with Crippen LogP contribution in [0.1, 0.15) is 20.8 Å². The van der Waals surface area contributed by atoms with Crippen LogP contribution in [-0.4, -0.2) is 23.1 Å². The van der Waals surface area contributed by atoms with Crippen molar-refractivity contribution in [1.82, 2.24) is 5.32 Å². The van der Waals surface area contributed by atoms with Gasteiger partial charge in [-0.3, -0.25) is 4.21 Å². The van der Waals surface area contributed by atoms with Gasteiger partial charge in [0.1, 0.15) is 0 Å². The molecular weight excluding hydrogens is 289 g/mol. The van der Waals surface area contributed by atoms with E-state index in [0.29, 0.717) is 20.7 Å². The monoisotopic (exact) mass is 307 g/mol. The Labute approximate surface area is 122 Å². The zero-order valence-corrected chi connectivity index (χ0v) is 13.4. The SMILES string of the molecule is CNC(CS(=O)c1c(Cl)cccc1Cl)C(C)(C)C. The largest absolute Gasteiger partial charge is 0.316 e. The number of rotatable bonds is 4. The van der Waals surface area contributed by atoms with Crippen molar-refractivity contribution in [2.75, 3.05) is 12.8 Å². The van der Waals surface area contributed by atoms with Crippen molar-refractivity contribution in [3.8, 4) is 0 Å². The highest BCUT2D eigenvalue weighted by molar-refractivity contribution is 7.85. The molecule has 1 N–H and O–H groups in total. The Morgan fingerprint density at radius 2 is 1.78 bits per heavy atom. The second-order valence-corrected chi connectivity index (χ2v) is 7.52. The predicted octanol–water partition coefficient (Wildman–Crippen LogP) is 3.74. The van der Waals surface area contributed by atoms with E-state index in [0.717, 1.165) is 0 Å². The first-order chi connectivity index (χ1) is 8.27. The first kappa shape index (κ1) is 16.0. The molecule has 2 atom stereocenters. The number of nitrogens with one attached hydrogen (secondary N) is 1. The molecule has 0 bridgehead atoms. The van der Waals surface area contributed by atoms with Crippen molar-refractivity contribution in [2.45, 2.75) is 31.7 Å². The van der Waals surface area contributed by atoms with Crippen molar-refractivity contribution < 1.29 is 4.21 Å². The van der Waals surface area contributed by atoms with Gasteiger partial charge < -0.3 is 5.32 Å². The first-order valence-corrected chi connectivity index (χ1v) is 7.84. The lowest BCUT2D eigenvalue weighted by Crippen LogP contribution is -2.42. The standard InChI is InChI=1S/C13H19Cl2NOS/c1-13(2,3)11(16-4)8-18(17)12-9(14)6-5-7-10(12)15/h5-7,11,16H,8H2,1-4H3. The lowest BCUT2D eigenvalue weighted by atomic mass is 9.88. The van der Waals surface area contributed by atoms with Gasteiger partial charge in [-0.05, 0) is 24.6 Å². The van der Waals surface area contributed by atoms with Crippen molar-refractivity contribution in [2.24, 2.45) is 5.41 Å². The molecule has 0 heterocycles. The highest BCUT2D eigenvalue weighted by atomic mass is 35.5. The Bertz CT molecular complexity index is 423. The number of halogens is 2. The molecule has 1 rings (SSSR count). The van der Waals surface area contributed by atoms with Gasteiger partial charge in [0.05, 0.1) is 25.7 Å². The smallest absolute Gasteiger partial charge is 0.0760 e. The van der Waals surface area contributed by atoms with E-state index in [1.165, 1.54) is 0 Å². The van der Waals surface area contributed by atoms with E-state index < -0.39 is 10.8 Å². The molecule has 0 aliphatic rings. The third-order valence-corrected chi connectivity index (χ3v) is 5.24. The van der Waals surface area contributed by atoms with Crippen molar-refractivity contribution in [3.63, 3.8) is 0 Å². The van der Waals surface area contributed by atoms with Gasteiger partial charge in [0.2, 0.25) is 0 Å². The summed E-state index contributed by atoms with van der Waals surface area (Å²) in [6.45, 7) is 6.33. The van der Waals surface area contributed by atoms with Crippen LogP contribution < -0.4 is 5.32 Å². The Hall–Kier alpha value is -0.0900. The summed E-state index contributed by atoms with van der Waals surface area (Å²) in [6, 6.07) is 5.31. The summed E-state index contributed by atoms with van der Waals surface area (Å²) in [5.41, 5.74) is 0.0259. The summed E-state index contributed by atoms with van der Waals surface area (Å²) < 4.78 is 12.4. The lowest BCUT2D eigenvalue weighted by molar-refractivity contribution is 0.304. The van der Waals surface area contributed by atoms with E-state index in [4.69, 9.17) is 23.2 Å². The summed E-state index contributed by atoms with van der Waals surface area (Å²) in [5.74, 6) is 0.490.